The van der Waals surface area contributed by atoms with E-state index in [9.17, 15) is 4.39 Å². The molecule has 13 heavy (non-hydrogen) atoms. The lowest BCUT2D eigenvalue weighted by Gasteiger charge is -1.99. The van der Waals surface area contributed by atoms with Gasteiger partial charge in [-0.1, -0.05) is 17.7 Å². The first-order valence-corrected chi connectivity index (χ1v) is 4.27. The molecule has 2 unspecified atom stereocenters. The van der Waals surface area contributed by atoms with Crippen LogP contribution >= 0.6 is 24.0 Å². The zero-order chi connectivity index (χ0) is 8.72. The summed E-state index contributed by atoms with van der Waals surface area (Å²) in [5.74, 6) is -0.00923. The average Bonchev–Trinajstić information content (AvgIpc) is 2.73. The fraction of sp³-hybridized carbons (Fsp3) is 0.333. The molecule has 1 fully saturated rings. The van der Waals surface area contributed by atoms with E-state index in [0.717, 1.165) is 12.0 Å². The summed E-state index contributed by atoms with van der Waals surface area (Å²) in [6.07, 6.45) is 0.959. The van der Waals surface area contributed by atoms with Crippen LogP contribution in [-0.4, -0.2) is 6.04 Å². The largest absolute Gasteiger partial charge is 0.327 e. The highest BCUT2D eigenvalue weighted by Gasteiger charge is 2.34. The fourth-order valence-electron chi connectivity index (χ4n) is 1.34. The summed E-state index contributed by atoms with van der Waals surface area (Å²) in [5.41, 5.74) is 6.59. The first-order valence-electron chi connectivity index (χ1n) is 3.89. The molecule has 0 heterocycles. The summed E-state index contributed by atoms with van der Waals surface area (Å²) >= 11 is 5.54. The van der Waals surface area contributed by atoms with Gasteiger partial charge in [0.1, 0.15) is 5.82 Å². The molecular weight excluding hydrogens is 212 g/mol. The second-order valence-electron chi connectivity index (χ2n) is 3.18. The molecule has 1 aliphatic carbocycles. The molecule has 1 aromatic carbocycles. The van der Waals surface area contributed by atoms with Gasteiger partial charge in [-0.15, -0.1) is 12.4 Å². The Kier molecular flexibility index (Phi) is 3.17. The van der Waals surface area contributed by atoms with Crippen molar-refractivity contribution in [3.63, 3.8) is 0 Å². The molecule has 0 radical (unpaired) electrons. The summed E-state index contributed by atoms with van der Waals surface area (Å²) in [6.45, 7) is 0. The molecule has 0 spiro atoms. The molecule has 0 saturated heterocycles. The second-order valence-corrected chi connectivity index (χ2v) is 3.59. The third-order valence-corrected chi connectivity index (χ3v) is 2.52. The molecule has 0 aromatic heterocycles. The Morgan fingerprint density at radius 1 is 1.46 bits per heavy atom. The quantitative estimate of drug-likeness (QED) is 0.776. The topological polar surface area (TPSA) is 26.0 Å². The van der Waals surface area contributed by atoms with Crippen molar-refractivity contribution in [2.75, 3.05) is 0 Å². The van der Waals surface area contributed by atoms with Gasteiger partial charge in [0.15, 0.2) is 0 Å². The molecule has 1 aliphatic rings. The van der Waals surface area contributed by atoms with Crippen molar-refractivity contribution in [3.05, 3.63) is 34.6 Å². The van der Waals surface area contributed by atoms with E-state index < -0.39 is 0 Å². The molecule has 2 rings (SSSR count). The van der Waals surface area contributed by atoms with E-state index in [1.54, 1.807) is 6.07 Å². The maximum atomic E-state index is 12.9. The minimum absolute atomic E-state index is 0. The molecule has 1 nitrogen and oxygen atoms in total. The van der Waals surface area contributed by atoms with Gasteiger partial charge in [-0.05, 0) is 24.1 Å². The zero-order valence-corrected chi connectivity index (χ0v) is 8.41. The Morgan fingerprint density at radius 2 is 2.08 bits per heavy atom. The fourth-order valence-corrected chi connectivity index (χ4v) is 1.46. The summed E-state index contributed by atoms with van der Waals surface area (Å²) < 4.78 is 12.9. The number of hydrogen-bond acceptors (Lipinski definition) is 1. The third-order valence-electron chi connectivity index (χ3n) is 2.21. The summed E-state index contributed by atoms with van der Waals surface area (Å²) in [5, 5.41) is 0.174. The van der Waals surface area contributed by atoms with Crippen LogP contribution < -0.4 is 5.73 Å². The molecule has 2 atom stereocenters. The number of benzene rings is 1. The van der Waals surface area contributed by atoms with Crippen LogP contribution in [0.2, 0.25) is 5.02 Å². The third kappa shape index (κ3) is 2.13. The number of rotatable bonds is 1. The molecule has 0 aliphatic heterocycles. The molecule has 1 saturated carbocycles. The predicted molar refractivity (Wildman–Crippen MR) is 54.0 cm³/mol. The number of halogens is 3. The van der Waals surface area contributed by atoms with Gasteiger partial charge in [0.05, 0.1) is 5.02 Å². The normalized spacial score (nSPS) is 25.2. The molecule has 0 bridgehead atoms. The highest BCUT2D eigenvalue weighted by molar-refractivity contribution is 6.30. The summed E-state index contributed by atoms with van der Waals surface area (Å²) in [7, 11) is 0. The van der Waals surface area contributed by atoms with Crippen LogP contribution in [0.1, 0.15) is 17.9 Å². The van der Waals surface area contributed by atoms with Crippen LogP contribution in [0.15, 0.2) is 18.2 Å². The Bertz CT molecular complexity index is 316. The van der Waals surface area contributed by atoms with Crippen LogP contribution in [0.4, 0.5) is 4.39 Å². The average molecular weight is 222 g/mol. The van der Waals surface area contributed by atoms with E-state index in [-0.39, 0.29) is 29.3 Å². The minimum Gasteiger partial charge on any atom is -0.327 e. The minimum atomic E-state index is -0.353. The maximum Gasteiger partial charge on any atom is 0.142 e. The van der Waals surface area contributed by atoms with E-state index in [2.05, 4.69) is 0 Å². The van der Waals surface area contributed by atoms with Crippen molar-refractivity contribution < 1.29 is 4.39 Å². The smallest absolute Gasteiger partial charge is 0.142 e. The molecular formula is C9H10Cl2FN. The van der Waals surface area contributed by atoms with Gasteiger partial charge in [0, 0.05) is 12.0 Å². The van der Waals surface area contributed by atoms with Crippen LogP contribution in [0, 0.1) is 5.82 Å². The van der Waals surface area contributed by atoms with Crippen LogP contribution in [0.3, 0.4) is 0 Å². The second kappa shape index (κ2) is 3.82. The van der Waals surface area contributed by atoms with Gasteiger partial charge >= 0.3 is 0 Å². The molecule has 2 N–H and O–H groups in total. The van der Waals surface area contributed by atoms with Crippen LogP contribution in [0.25, 0.3) is 0 Å². The monoisotopic (exact) mass is 221 g/mol. The van der Waals surface area contributed by atoms with Crippen LogP contribution in [-0.2, 0) is 0 Å². The lowest BCUT2D eigenvalue weighted by atomic mass is 10.1. The molecule has 0 amide bonds. The van der Waals surface area contributed by atoms with Gasteiger partial charge in [-0.25, -0.2) is 4.39 Å². The van der Waals surface area contributed by atoms with E-state index in [1.807, 2.05) is 6.07 Å². The van der Waals surface area contributed by atoms with Gasteiger partial charge in [0.25, 0.3) is 0 Å². The van der Waals surface area contributed by atoms with E-state index in [1.165, 1.54) is 6.07 Å². The van der Waals surface area contributed by atoms with Crippen molar-refractivity contribution in [2.24, 2.45) is 5.73 Å². The Balaban J connectivity index is 0.000000845. The first kappa shape index (κ1) is 10.8. The van der Waals surface area contributed by atoms with Gasteiger partial charge in [0.2, 0.25) is 0 Å². The van der Waals surface area contributed by atoms with Crippen LogP contribution in [0.5, 0.6) is 0 Å². The standard InChI is InChI=1S/C9H9ClFN.ClH/c10-7-2-1-5(3-8(7)11)6-4-9(6)12;/h1-3,6,9H,4,12H2;1H. The van der Waals surface area contributed by atoms with Crippen molar-refractivity contribution in [1.29, 1.82) is 0 Å². The van der Waals surface area contributed by atoms with E-state index >= 15 is 0 Å². The van der Waals surface area contributed by atoms with Gasteiger partial charge < -0.3 is 5.73 Å². The zero-order valence-electron chi connectivity index (χ0n) is 6.84. The first-order chi connectivity index (χ1) is 5.68. The van der Waals surface area contributed by atoms with Gasteiger partial charge in [-0.2, -0.15) is 0 Å². The Hall–Kier alpha value is -0.310. The lowest BCUT2D eigenvalue weighted by Crippen LogP contribution is -2.01. The highest BCUT2D eigenvalue weighted by Crippen LogP contribution is 2.39. The van der Waals surface area contributed by atoms with E-state index in [0.29, 0.717) is 5.92 Å². The molecule has 72 valence electrons. The number of hydrogen-bond donors (Lipinski definition) is 1. The van der Waals surface area contributed by atoms with Gasteiger partial charge in [-0.3, -0.25) is 0 Å². The van der Waals surface area contributed by atoms with Crippen molar-refractivity contribution in [2.45, 2.75) is 18.4 Å². The summed E-state index contributed by atoms with van der Waals surface area (Å²) in [4.78, 5) is 0. The lowest BCUT2D eigenvalue weighted by molar-refractivity contribution is 0.625. The Labute approximate surface area is 87.5 Å². The van der Waals surface area contributed by atoms with E-state index in [4.69, 9.17) is 17.3 Å². The highest BCUT2D eigenvalue weighted by atomic mass is 35.5. The molecule has 4 heteroatoms. The Morgan fingerprint density at radius 3 is 2.54 bits per heavy atom. The number of nitrogens with two attached hydrogens (primary N) is 1. The summed E-state index contributed by atoms with van der Waals surface area (Å²) in [6, 6.07) is 5.10. The van der Waals surface area contributed by atoms with Crippen molar-refractivity contribution in [1.82, 2.24) is 0 Å². The molecule has 1 aromatic rings. The maximum absolute atomic E-state index is 12.9. The predicted octanol–water partition coefficient (Wildman–Crippen LogP) is 2.72. The van der Waals surface area contributed by atoms with Crippen molar-refractivity contribution in [3.8, 4) is 0 Å². The SMILES string of the molecule is Cl.NC1CC1c1ccc(Cl)c(F)c1. The van der Waals surface area contributed by atoms with Crippen molar-refractivity contribution >= 4 is 24.0 Å².